The van der Waals surface area contributed by atoms with Crippen molar-refractivity contribution in [1.82, 2.24) is 10.3 Å². The molecular formula is C18H31N3. The molecule has 1 aliphatic rings. The molecule has 1 fully saturated rings. The Morgan fingerprint density at radius 3 is 2.48 bits per heavy atom. The van der Waals surface area contributed by atoms with Gasteiger partial charge in [0.1, 0.15) is 0 Å². The summed E-state index contributed by atoms with van der Waals surface area (Å²) in [5.74, 6) is 1.53. The van der Waals surface area contributed by atoms with Crippen molar-refractivity contribution in [3.8, 4) is 0 Å². The van der Waals surface area contributed by atoms with E-state index >= 15 is 0 Å². The molecule has 1 unspecified atom stereocenters. The lowest BCUT2D eigenvalue weighted by atomic mass is 9.68. The van der Waals surface area contributed by atoms with Gasteiger partial charge in [0.05, 0.1) is 0 Å². The number of aromatic nitrogens is 1. The second-order valence-corrected chi connectivity index (χ2v) is 7.52. The Hall–Kier alpha value is -1.09. The molecule has 0 spiro atoms. The molecule has 0 aliphatic heterocycles. The molecule has 3 heteroatoms. The zero-order valence-electron chi connectivity index (χ0n) is 14.0. The van der Waals surface area contributed by atoms with Crippen LogP contribution in [0, 0.1) is 17.3 Å². The van der Waals surface area contributed by atoms with Crippen LogP contribution in [0.1, 0.15) is 65.0 Å². The Morgan fingerprint density at radius 2 is 1.95 bits per heavy atom. The summed E-state index contributed by atoms with van der Waals surface area (Å²) in [6.07, 6.45) is 8.95. The van der Waals surface area contributed by atoms with E-state index in [-0.39, 0.29) is 0 Å². The number of nitrogens with two attached hydrogens (primary N) is 1. The smallest absolute Gasteiger partial charge is 0.0393 e. The third-order valence-electron chi connectivity index (χ3n) is 5.11. The molecule has 0 amide bonds. The standard InChI is InChI=1S/C18H31N3/c1-5-21-17(15-12-20-11-10-16(15)19)13-6-8-14(9-7-13)18(2,3)4/h10-14,17,21H,5-9H2,1-4H3,(H2,19,20). The van der Waals surface area contributed by atoms with Crippen molar-refractivity contribution >= 4 is 5.69 Å². The zero-order chi connectivity index (χ0) is 15.5. The first-order valence-electron chi connectivity index (χ1n) is 8.36. The minimum atomic E-state index is 0.351. The molecule has 1 heterocycles. The normalized spacial score (nSPS) is 24.8. The average molecular weight is 289 g/mol. The Bertz CT molecular complexity index is 442. The van der Waals surface area contributed by atoms with E-state index in [2.05, 4.69) is 38.0 Å². The molecule has 0 aromatic carbocycles. The summed E-state index contributed by atoms with van der Waals surface area (Å²) in [6, 6.07) is 2.27. The summed E-state index contributed by atoms with van der Waals surface area (Å²) in [7, 11) is 0. The Kier molecular flexibility index (Phi) is 5.26. The van der Waals surface area contributed by atoms with Crippen molar-refractivity contribution in [2.75, 3.05) is 12.3 Å². The Balaban J connectivity index is 2.09. The number of nitrogens with one attached hydrogen (secondary N) is 1. The van der Waals surface area contributed by atoms with Crippen LogP contribution in [0.5, 0.6) is 0 Å². The second-order valence-electron chi connectivity index (χ2n) is 7.52. The summed E-state index contributed by atoms with van der Waals surface area (Å²) in [4.78, 5) is 4.28. The SMILES string of the molecule is CCNC(c1cnccc1N)C1CCC(C(C)(C)C)CC1. The van der Waals surface area contributed by atoms with Gasteiger partial charge in [-0.1, -0.05) is 27.7 Å². The molecular weight excluding hydrogens is 258 g/mol. The van der Waals surface area contributed by atoms with E-state index in [9.17, 15) is 0 Å². The monoisotopic (exact) mass is 289 g/mol. The van der Waals surface area contributed by atoms with Gasteiger partial charge in [0.15, 0.2) is 0 Å². The molecule has 1 aromatic rings. The minimum absolute atomic E-state index is 0.351. The maximum atomic E-state index is 6.17. The van der Waals surface area contributed by atoms with E-state index < -0.39 is 0 Å². The maximum Gasteiger partial charge on any atom is 0.0393 e. The van der Waals surface area contributed by atoms with Gasteiger partial charge < -0.3 is 11.1 Å². The average Bonchev–Trinajstić information content (AvgIpc) is 2.45. The quantitative estimate of drug-likeness (QED) is 0.874. The topological polar surface area (TPSA) is 50.9 Å². The van der Waals surface area contributed by atoms with Crippen LogP contribution in [0.3, 0.4) is 0 Å². The highest BCUT2D eigenvalue weighted by molar-refractivity contribution is 5.46. The summed E-state index contributed by atoms with van der Waals surface area (Å²) < 4.78 is 0. The number of nitrogens with zero attached hydrogens (tertiary/aromatic N) is 1. The Labute approximate surface area is 129 Å². The number of pyridine rings is 1. The summed E-state index contributed by atoms with van der Waals surface area (Å²) in [5, 5.41) is 3.64. The van der Waals surface area contributed by atoms with Gasteiger partial charge in [0.2, 0.25) is 0 Å². The third-order valence-corrected chi connectivity index (χ3v) is 5.11. The van der Waals surface area contributed by atoms with Gasteiger partial charge in [-0.15, -0.1) is 0 Å². The summed E-state index contributed by atoms with van der Waals surface area (Å²) in [5.41, 5.74) is 8.66. The highest BCUT2D eigenvalue weighted by Gasteiger charge is 2.33. The number of anilines is 1. The van der Waals surface area contributed by atoms with Crippen molar-refractivity contribution in [1.29, 1.82) is 0 Å². The predicted octanol–water partition coefficient (Wildman–Crippen LogP) is 4.17. The van der Waals surface area contributed by atoms with Crippen LogP contribution >= 0.6 is 0 Å². The molecule has 0 bridgehead atoms. The van der Waals surface area contributed by atoms with Gasteiger partial charge in [-0.3, -0.25) is 4.98 Å². The van der Waals surface area contributed by atoms with Gasteiger partial charge in [-0.25, -0.2) is 0 Å². The van der Waals surface area contributed by atoms with Crippen LogP contribution in [-0.2, 0) is 0 Å². The fourth-order valence-corrected chi connectivity index (χ4v) is 3.75. The minimum Gasteiger partial charge on any atom is -0.398 e. The fourth-order valence-electron chi connectivity index (χ4n) is 3.75. The Morgan fingerprint density at radius 1 is 1.29 bits per heavy atom. The van der Waals surface area contributed by atoms with Gasteiger partial charge in [0, 0.05) is 29.7 Å². The highest BCUT2D eigenvalue weighted by Crippen LogP contribution is 2.43. The van der Waals surface area contributed by atoms with Crippen molar-refractivity contribution < 1.29 is 0 Å². The lowest BCUT2D eigenvalue weighted by Gasteiger charge is -2.40. The summed E-state index contributed by atoms with van der Waals surface area (Å²) in [6.45, 7) is 10.3. The van der Waals surface area contributed by atoms with E-state index in [4.69, 9.17) is 5.73 Å². The van der Waals surface area contributed by atoms with E-state index in [0.717, 1.165) is 18.2 Å². The molecule has 0 saturated heterocycles. The molecule has 118 valence electrons. The van der Waals surface area contributed by atoms with Gasteiger partial charge >= 0.3 is 0 Å². The lowest BCUT2D eigenvalue weighted by molar-refractivity contribution is 0.133. The molecule has 1 saturated carbocycles. The first kappa shape index (κ1) is 16.3. The highest BCUT2D eigenvalue weighted by atomic mass is 14.9. The van der Waals surface area contributed by atoms with Crippen LogP contribution < -0.4 is 11.1 Å². The van der Waals surface area contributed by atoms with E-state index in [1.54, 1.807) is 6.20 Å². The predicted molar refractivity (Wildman–Crippen MR) is 90.0 cm³/mol. The number of nitrogen functional groups attached to an aromatic ring is 1. The molecule has 1 aromatic heterocycles. The summed E-state index contributed by atoms with van der Waals surface area (Å²) >= 11 is 0. The first-order chi connectivity index (χ1) is 9.93. The van der Waals surface area contributed by atoms with Crippen LogP contribution in [0.2, 0.25) is 0 Å². The molecule has 3 N–H and O–H groups in total. The van der Waals surface area contributed by atoms with Crippen LogP contribution in [0.15, 0.2) is 18.5 Å². The third kappa shape index (κ3) is 3.97. The zero-order valence-corrected chi connectivity index (χ0v) is 14.0. The van der Waals surface area contributed by atoms with Gasteiger partial charge in [0.25, 0.3) is 0 Å². The lowest BCUT2D eigenvalue weighted by Crippen LogP contribution is -2.34. The molecule has 0 radical (unpaired) electrons. The van der Waals surface area contributed by atoms with Crippen LogP contribution in [0.4, 0.5) is 5.69 Å². The molecule has 21 heavy (non-hydrogen) atoms. The molecule has 2 rings (SSSR count). The van der Waals surface area contributed by atoms with E-state index in [1.165, 1.54) is 31.2 Å². The molecule has 1 aliphatic carbocycles. The molecule has 1 atom stereocenters. The van der Waals surface area contributed by atoms with Crippen molar-refractivity contribution in [2.24, 2.45) is 17.3 Å². The maximum absolute atomic E-state index is 6.17. The first-order valence-corrected chi connectivity index (χ1v) is 8.36. The number of rotatable bonds is 4. The van der Waals surface area contributed by atoms with Crippen molar-refractivity contribution in [3.63, 3.8) is 0 Å². The van der Waals surface area contributed by atoms with Crippen LogP contribution in [-0.4, -0.2) is 11.5 Å². The second kappa shape index (κ2) is 6.78. The van der Waals surface area contributed by atoms with Gasteiger partial charge in [-0.05, 0) is 55.5 Å². The van der Waals surface area contributed by atoms with E-state index in [0.29, 0.717) is 17.4 Å². The van der Waals surface area contributed by atoms with Gasteiger partial charge in [-0.2, -0.15) is 0 Å². The fraction of sp³-hybridized carbons (Fsp3) is 0.722. The molecule has 3 nitrogen and oxygen atoms in total. The van der Waals surface area contributed by atoms with Crippen molar-refractivity contribution in [3.05, 3.63) is 24.0 Å². The van der Waals surface area contributed by atoms with Crippen LogP contribution in [0.25, 0.3) is 0 Å². The number of hydrogen-bond acceptors (Lipinski definition) is 3. The number of hydrogen-bond donors (Lipinski definition) is 2. The van der Waals surface area contributed by atoms with E-state index in [1.807, 2.05) is 12.3 Å². The largest absolute Gasteiger partial charge is 0.398 e. The van der Waals surface area contributed by atoms with Crippen molar-refractivity contribution in [2.45, 2.75) is 59.4 Å².